The molecule has 0 bridgehead atoms. The van der Waals surface area contributed by atoms with E-state index < -0.39 is 0 Å². The first-order chi connectivity index (χ1) is 8.29. The Balaban J connectivity index is 1.74. The summed E-state index contributed by atoms with van der Waals surface area (Å²) >= 11 is 0. The van der Waals surface area contributed by atoms with Gasteiger partial charge in [-0.1, -0.05) is 0 Å². The van der Waals surface area contributed by atoms with Crippen LogP contribution in [0.5, 0.6) is 5.75 Å². The van der Waals surface area contributed by atoms with Gasteiger partial charge in [-0.3, -0.25) is 0 Å². The predicted octanol–water partition coefficient (Wildman–Crippen LogP) is 1.68. The zero-order valence-corrected chi connectivity index (χ0v) is 10.1. The third-order valence-electron chi connectivity index (χ3n) is 2.87. The van der Waals surface area contributed by atoms with Gasteiger partial charge in [0.1, 0.15) is 11.6 Å². The highest BCUT2D eigenvalue weighted by atomic mass is 19.1. The Hall–Kier alpha value is -1.13. The van der Waals surface area contributed by atoms with Crippen LogP contribution >= 0.6 is 0 Å². The van der Waals surface area contributed by atoms with Crippen LogP contribution in [-0.4, -0.2) is 26.2 Å². The number of benzene rings is 1. The van der Waals surface area contributed by atoms with Gasteiger partial charge in [-0.25, -0.2) is 4.39 Å². The molecule has 1 fully saturated rings. The molecule has 1 aliphatic rings. The maximum atomic E-state index is 13.1. The molecule has 3 nitrogen and oxygen atoms in total. The van der Waals surface area contributed by atoms with E-state index in [2.05, 4.69) is 10.6 Å². The lowest BCUT2D eigenvalue weighted by Gasteiger charge is -2.10. The smallest absolute Gasteiger partial charge is 0.123 e. The summed E-state index contributed by atoms with van der Waals surface area (Å²) in [7, 11) is 1.60. The van der Waals surface area contributed by atoms with E-state index in [1.807, 2.05) is 0 Å². The molecule has 0 saturated heterocycles. The van der Waals surface area contributed by atoms with Gasteiger partial charge in [-0.2, -0.15) is 0 Å². The van der Waals surface area contributed by atoms with Crippen molar-refractivity contribution in [2.24, 2.45) is 0 Å². The summed E-state index contributed by atoms with van der Waals surface area (Å²) in [6.45, 7) is 2.48. The average Bonchev–Trinajstić information content (AvgIpc) is 3.13. The molecule has 0 heterocycles. The molecule has 94 valence electrons. The molecule has 1 aliphatic carbocycles. The van der Waals surface area contributed by atoms with Gasteiger partial charge in [-0.05, 0) is 31.0 Å². The number of ether oxygens (including phenoxy) is 1. The van der Waals surface area contributed by atoms with Crippen LogP contribution in [0.3, 0.4) is 0 Å². The van der Waals surface area contributed by atoms with Crippen molar-refractivity contribution in [3.05, 3.63) is 29.6 Å². The van der Waals surface area contributed by atoms with Crippen molar-refractivity contribution in [3.8, 4) is 5.75 Å². The summed E-state index contributed by atoms with van der Waals surface area (Å²) in [6, 6.07) is 5.33. The van der Waals surface area contributed by atoms with E-state index in [4.69, 9.17) is 4.74 Å². The second-order valence-corrected chi connectivity index (χ2v) is 4.36. The summed E-state index contributed by atoms with van der Waals surface area (Å²) in [5.74, 6) is 0.507. The summed E-state index contributed by atoms with van der Waals surface area (Å²) < 4.78 is 18.3. The molecular weight excluding hydrogens is 219 g/mol. The largest absolute Gasteiger partial charge is 0.496 e. The van der Waals surface area contributed by atoms with Gasteiger partial charge >= 0.3 is 0 Å². The predicted molar refractivity (Wildman–Crippen MR) is 65.7 cm³/mol. The number of rotatable bonds is 7. The molecule has 0 unspecified atom stereocenters. The van der Waals surface area contributed by atoms with Crippen molar-refractivity contribution in [3.63, 3.8) is 0 Å². The number of nitrogens with one attached hydrogen (secondary N) is 2. The van der Waals surface area contributed by atoms with Gasteiger partial charge in [0.15, 0.2) is 0 Å². The fraction of sp³-hybridized carbons (Fsp3) is 0.538. The number of hydrogen-bond acceptors (Lipinski definition) is 3. The molecule has 0 aromatic heterocycles. The Bertz CT molecular complexity index is 366. The topological polar surface area (TPSA) is 33.3 Å². The second kappa shape index (κ2) is 5.98. The highest BCUT2D eigenvalue weighted by Crippen LogP contribution is 2.19. The van der Waals surface area contributed by atoms with Gasteiger partial charge in [0, 0.05) is 31.2 Å². The number of methoxy groups -OCH3 is 1. The zero-order chi connectivity index (χ0) is 12.1. The fourth-order valence-corrected chi connectivity index (χ4v) is 1.76. The molecule has 1 aromatic rings. The van der Waals surface area contributed by atoms with Crippen molar-refractivity contribution in [1.29, 1.82) is 0 Å². The number of halogens is 1. The fourth-order valence-electron chi connectivity index (χ4n) is 1.76. The van der Waals surface area contributed by atoms with Crippen LogP contribution in [0.2, 0.25) is 0 Å². The minimum Gasteiger partial charge on any atom is -0.496 e. The zero-order valence-electron chi connectivity index (χ0n) is 10.1. The summed E-state index contributed by atoms with van der Waals surface area (Å²) in [5, 5.41) is 6.69. The average molecular weight is 238 g/mol. The van der Waals surface area contributed by atoms with Gasteiger partial charge in [0.2, 0.25) is 0 Å². The SMILES string of the molecule is COc1ccc(F)cc1CNCCNC1CC1. The first kappa shape index (κ1) is 12.3. The van der Waals surface area contributed by atoms with Crippen LogP contribution in [-0.2, 0) is 6.54 Å². The maximum Gasteiger partial charge on any atom is 0.123 e. The summed E-state index contributed by atoms with van der Waals surface area (Å²) in [6.07, 6.45) is 2.61. The molecule has 1 saturated carbocycles. The molecule has 0 radical (unpaired) electrons. The van der Waals surface area contributed by atoms with E-state index in [0.29, 0.717) is 6.54 Å². The van der Waals surface area contributed by atoms with Gasteiger partial charge in [-0.15, -0.1) is 0 Å². The quantitative estimate of drug-likeness (QED) is 0.709. The molecule has 1 aromatic carbocycles. The van der Waals surface area contributed by atoms with Crippen molar-refractivity contribution in [2.45, 2.75) is 25.4 Å². The van der Waals surface area contributed by atoms with Crippen LogP contribution in [0.15, 0.2) is 18.2 Å². The van der Waals surface area contributed by atoms with Crippen molar-refractivity contribution >= 4 is 0 Å². The molecule has 2 rings (SSSR count). The molecule has 0 atom stereocenters. The van der Waals surface area contributed by atoms with Crippen molar-refractivity contribution in [2.75, 3.05) is 20.2 Å². The summed E-state index contributed by atoms with van der Waals surface area (Å²) in [5.41, 5.74) is 0.860. The third-order valence-corrected chi connectivity index (χ3v) is 2.87. The molecule has 0 spiro atoms. The standard InChI is InChI=1S/C13H19FN2O/c1-17-13-5-2-11(14)8-10(13)9-15-6-7-16-12-3-4-12/h2,5,8,12,15-16H,3-4,6-7,9H2,1H3. The van der Waals surface area contributed by atoms with E-state index >= 15 is 0 Å². The molecular formula is C13H19FN2O. The number of hydrogen-bond donors (Lipinski definition) is 2. The monoisotopic (exact) mass is 238 g/mol. The molecule has 0 amide bonds. The highest BCUT2D eigenvalue weighted by molar-refractivity contribution is 5.33. The molecule has 0 aliphatic heterocycles. The Morgan fingerprint density at radius 3 is 2.88 bits per heavy atom. The van der Waals surface area contributed by atoms with Crippen LogP contribution < -0.4 is 15.4 Å². The van der Waals surface area contributed by atoms with Crippen LogP contribution in [0.4, 0.5) is 4.39 Å². The maximum absolute atomic E-state index is 13.1. The Labute approximate surface area is 101 Å². The van der Waals surface area contributed by atoms with E-state index in [1.165, 1.54) is 25.0 Å². The van der Waals surface area contributed by atoms with Crippen molar-refractivity contribution < 1.29 is 9.13 Å². The van der Waals surface area contributed by atoms with Crippen LogP contribution in [0.1, 0.15) is 18.4 Å². The molecule has 4 heteroatoms. The summed E-state index contributed by atoms with van der Waals surface area (Å²) in [4.78, 5) is 0. The van der Waals surface area contributed by atoms with E-state index in [-0.39, 0.29) is 5.82 Å². The van der Waals surface area contributed by atoms with Gasteiger partial charge in [0.25, 0.3) is 0 Å². The second-order valence-electron chi connectivity index (χ2n) is 4.36. The Morgan fingerprint density at radius 1 is 1.35 bits per heavy atom. The normalized spacial score (nSPS) is 14.9. The van der Waals surface area contributed by atoms with Crippen molar-refractivity contribution in [1.82, 2.24) is 10.6 Å². The molecule has 17 heavy (non-hydrogen) atoms. The Morgan fingerprint density at radius 2 is 2.18 bits per heavy atom. The molecule has 2 N–H and O–H groups in total. The van der Waals surface area contributed by atoms with Crippen LogP contribution in [0, 0.1) is 5.82 Å². The first-order valence-electron chi connectivity index (χ1n) is 6.06. The van der Waals surface area contributed by atoms with E-state index in [0.717, 1.165) is 30.4 Å². The van der Waals surface area contributed by atoms with Crippen LogP contribution in [0.25, 0.3) is 0 Å². The van der Waals surface area contributed by atoms with E-state index in [9.17, 15) is 4.39 Å². The minimum absolute atomic E-state index is 0.223. The van der Waals surface area contributed by atoms with Gasteiger partial charge < -0.3 is 15.4 Å². The van der Waals surface area contributed by atoms with Gasteiger partial charge in [0.05, 0.1) is 7.11 Å². The minimum atomic E-state index is -0.223. The Kier molecular flexibility index (Phi) is 4.34. The van der Waals surface area contributed by atoms with E-state index in [1.54, 1.807) is 13.2 Å². The first-order valence-corrected chi connectivity index (χ1v) is 6.06. The lowest BCUT2D eigenvalue weighted by Crippen LogP contribution is -2.28. The lowest BCUT2D eigenvalue weighted by atomic mass is 10.2. The third kappa shape index (κ3) is 3.98. The lowest BCUT2D eigenvalue weighted by molar-refractivity contribution is 0.406. The highest BCUT2D eigenvalue weighted by Gasteiger charge is 2.19.